The summed E-state index contributed by atoms with van der Waals surface area (Å²) in [5.41, 5.74) is -0.292. The minimum absolute atomic E-state index is 0.0492. The molecule has 1 rings (SSSR count). The molecule has 0 bridgehead atoms. The molecule has 5 nitrogen and oxygen atoms in total. The van der Waals surface area contributed by atoms with Gasteiger partial charge in [-0.05, 0) is 6.92 Å². The van der Waals surface area contributed by atoms with E-state index >= 15 is 0 Å². The van der Waals surface area contributed by atoms with Crippen molar-refractivity contribution in [2.75, 3.05) is 6.54 Å². The number of H-pyrrole nitrogens is 1. The molecule has 1 amide bonds. The lowest BCUT2D eigenvalue weighted by Crippen LogP contribution is -2.33. The van der Waals surface area contributed by atoms with E-state index in [4.69, 9.17) is 5.11 Å². The Kier molecular flexibility index (Phi) is 3.41. The largest absolute Gasteiger partial charge is 0.392 e. The lowest BCUT2D eigenvalue weighted by molar-refractivity contribution is 0.0922. The molecule has 0 unspecified atom stereocenters. The smallest absolute Gasteiger partial charge is 0.256 e. The minimum Gasteiger partial charge on any atom is -0.392 e. The van der Waals surface area contributed by atoms with Crippen molar-refractivity contribution in [2.45, 2.75) is 13.0 Å². The van der Waals surface area contributed by atoms with Gasteiger partial charge in [-0.2, -0.15) is 0 Å². The molecule has 1 aromatic rings. The van der Waals surface area contributed by atoms with Crippen LogP contribution >= 0.6 is 0 Å². The highest BCUT2D eigenvalue weighted by atomic mass is 16.3. The Morgan fingerprint density at radius 2 is 2.43 bits per heavy atom. The van der Waals surface area contributed by atoms with Gasteiger partial charge in [0.25, 0.3) is 5.91 Å². The highest BCUT2D eigenvalue weighted by Gasteiger charge is 2.09. The van der Waals surface area contributed by atoms with Crippen LogP contribution in [0.1, 0.15) is 17.3 Å². The normalized spacial score (nSPS) is 12.1. The Labute approximate surface area is 80.8 Å². The SMILES string of the molecule is C[C@@H](O)CNC(=O)c1c[nH]ccc1=O. The molecule has 0 aliphatic heterocycles. The highest BCUT2D eigenvalue weighted by molar-refractivity contribution is 5.93. The first kappa shape index (κ1) is 10.5. The predicted octanol–water partition coefficient (Wildman–Crippen LogP) is -0.515. The number of carbonyl (C=O) groups excluding carboxylic acids is 1. The van der Waals surface area contributed by atoms with Gasteiger partial charge in [0.05, 0.1) is 6.10 Å². The zero-order valence-electron chi connectivity index (χ0n) is 7.78. The fourth-order valence-electron chi connectivity index (χ4n) is 0.929. The number of carbonyl (C=O) groups is 1. The van der Waals surface area contributed by atoms with Gasteiger partial charge in [-0.15, -0.1) is 0 Å². The lowest BCUT2D eigenvalue weighted by atomic mass is 10.2. The third kappa shape index (κ3) is 2.70. The molecule has 0 fully saturated rings. The summed E-state index contributed by atoms with van der Waals surface area (Å²) in [5.74, 6) is -0.479. The van der Waals surface area contributed by atoms with Crippen molar-refractivity contribution in [2.24, 2.45) is 0 Å². The highest BCUT2D eigenvalue weighted by Crippen LogP contribution is 1.88. The maximum Gasteiger partial charge on any atom is 0.256 e. The first-order valence-electron chi connectivity index (χ1n) is 4.24. The van der Waals surface area contributed by atoms with E-state index in [1.807, 2.05) is 0 Å². The molecule has 0 saturated heterocycles. The second-order valence-electron chi connectivity index (χ2n) is 2.98. The van der Waals surface area contributed by atoms with Gasteiger partial charge in [0.1, 0.15) is 5.56 Å². The fourth-order valence-corrected chi connectivity index (χ4v) is 0.929. The lowest BCUT2D eigenvalue weighted by Gasteiger charge is -2.05. The zero-order valence-corrected chi connectivity index (χ0v) is 7.78. The number of nitrogens with one attached hydrogen (secondary N) is 2. The van der Waals surface area contributed by atoms with Gasteiger partial charge in [-0.3, -0.25) is 9.59 Å². The summed E-state index contributed by atoms with van der Waals surface area (Å²) in [5, 5.41) is 11.3. The van der Waals surface area contributed by atoms with E-state index in [9.17, 15) is 9.59 Å². The quantitative estimate of drug-likeness (QED) is 0.608. The molecule has 1 atom stereocenters. The van der Waals surface area contributed by atoms with Crippen molar-refractivity contribution in [3.63, 3.8) is 0 Å². The first-order valence-corrected chi connectivity index (χ1v) is 4.24. The Hall–Kier alpha value is -1.62. The summed E-state index contributed by atoms with van der Waals surface area (Å²) in [4.78, 5) is 25.1. The molecule has 1 aromatic heterocycles. The van der Waals surface area contributed by atoms with E-state index in [1.165, 1.54) is 18.5 Å². The maximum absolute atomic E-state index is 11.3. The van der Waals surface area contributed by atoms with Crippen molar-refractivity contribution < 1.29 is 9.90 Å². The van der Waals surface area contributed by atoms with Crippen LogP contribution in [0.2, 0.25) is 0 Å². The topological polar surface area (TPSA) is 82.2 Å². The van der Waals surface area contributed by atoms with Crippen LogP contribution in [0.25, 0.3) is 0 Å². The molecule has 5 heteroatoms. The van der Waals surface area contributed by atoms with Gasteiger partial charge in [-0.25, -0.2) is 0 Å². The summed E-state index contributed by atoms with van der Waals surface area (Å²) >= 11 is 0. The molecule has 0 aliphatic carbocycles. The molecule has 0 aromatic carbocycles. The second kappa shape index (κ2) is 4.57. The van der Waals surface area contributed by atoms with Gasteiger partial charge in [-0.1, -0.05) is 0 Å². The molecule has 76 valence electrons. The number of aliphatic hydroxyl groups is 1. The van der Waals surface area contributed by atoms with E-state index in [0.29, 0.717) is 0 Å². The number of hydrogen-bond acceptors (Lipinski definition) is 3. The van der Waals surface area contributed by atoms with Crippen LogP contribution in [0, 0.1) is 0 Å². The summed E-state index contributed by atoms with van der Waals surface area (Å²) in [6.07, 6.45) is 2.16. The summed E-state index contributed by atoms with van der Waals surface area (Å²) in [6.45, 7) is 1.68. The van der Waals surface area contributed by atoms with Crippen molar-refractivity contribution in [1.29, 1.82) is 0 Å². The van der Waals surface area contributed by atoms with Crippen molar-refractivity contribution in [3.8, 4) is 0 Å². The van der Waals surface area contributed by atoms with Crippen LogP contribution in [0.4, 0.5) is 0 Å². The molecule has 0 aliphatic rings. The molecular formula is C9H12N2O3. The van der Waals surface area contributed by atoms with Gasteiger partial charge in [0.2, 0.25) is 0 Å². The van der Waals surface area contributed by atoms with Gasteiger partial charge < -0.3 is 15.4 Å². The predicted molar refractivity (Wildman–Crippen MR) is 51.1 cm³/mol. The number of aromatic amines is 1. The van der Waals surface area contributed by atoms with Crippen LogP contribution < -0.4 is 10.7 Å². The van der Waals surface area contributed by atoms with Gasteiger partial charge >= 0.3 is 0 Å². The van der Waals surface area contributed by atoms with Crippen LogP contribution in [0.3, 0.4) is 0 Å². The Morgan fingerprint density at radius 3 is 3.00 bits per heavy atom. The fraction of sp³-hybridized carbons (Fsp3) is 0.333. The number of pyridine rings is 1. The van der Waals surface area contributed by atoms with E-state index in [-0.39, 0.29) is 17.5 Å². The van der Waals surface area contributed by atoms with E-state index < -0.39 is 12.0 Å². The Balaban J connectivity index is 2.71. The standard InChI is InChI=1S/C9H12N2O3/c1-6(12)4-11-9(14)7-5-10-3-2-8(7)13/h2-3,5-6,12H,4H2,1H3,(H,10,13)(H,11,14)/t6-/m1/s1. The Bertz CT molecular complexity index is 370. The summed E-state index contributed by atoms with van der Waals surface area (Å²) < 4.78 is 0. The summed E-state index contributed by atoms with van der Waals surface area (Å²) in [6, 6.07) is 1.28. The maximum atomic E-state index is 11.3. The molecule has 1 heterocycles. The van der Waals surface area contributed by atoms with E-state index in [2.05, 4.69) is 10.3 Å². The third-order valence-electron chi connectivity index (χ3n) is 1.63. The minimum atomic E-state index is -0.623. The number of aromatic nitrogens is 1. The molecule has 0 spiro atoms. The molecule has 14 heavy (non-hydrogen) atoms. The van der Waals surface area contributed by atoms with Crippen LogP contribution in [0.15, 0.2) is 23.3 Å². The third-order valence-corrected chi connectivity index (χ3v) is 1.63. The van der Waals surface area contributed by atoms with Crippen molar-refractivity contribution in [3.05, 3.63) is 34.2 Å². The Morgan fingerprint density at radius 1 is 1.71 bits per heavy atom. The molecule has 0 radical (unpaired) electrons. The van der Waals surface area contributed by atoms with Crippen molar-refractivity contribution in [1.82, 2.24) is 10.3 Å². The number of rotatable bonds is 3. The zero-order chi connectivity index (χ0) is 10.6. The number of amides is 1. The van der Waals surface area contributed by atoms with E-state index in [0.717, 1.165) is 0 Å². The van der Waals surface area contributed by atoms with Crippen LogP contribution in [-0.2, 0) is 0 Å². The van der Waals surface area contributed by atoms with Crippen LogP contribution in [-0.4, -0.2) is 28.6 Å². The van der Waals surface area contributed by atoms with Gasteiger partial charge in [0.15, 0.2) is 5.43 Å². The van der Waals surface area contributed by atoms with Crippen molar-refractivity contribution >= 4 is 5.91 Å². The second-order valence-corrected chi connectivity index (χ2v) is 2.98. The molecule has 0 saturated carbocycles. The monoisotopic (exact) mass is 196 g/mol. The van der Waals surface area contributed by atoms with Crippen LogP contribution in [0.5, 0.6) is 0 Å². The molecule has 3 N–H and O–H groups in total. The van der Waals surface area contributed by atoms with E-state index in [1.54, 1.807) is 6.92 Å². The molecular weight excluding hydrogens is 184 g/mol. The number of aliphatic hydroxyl groups excluding tert-OH is 1. The number of hydrogen-bond donors (Lipinski definition) is 3. The first-order chi connectivity index (χ1) is 6.61. The van der Waals surface area contributed by atoms with Gasteiger partial charge in [0, 0.05) is 25.0 Å². The average Bonchev–Trinajstić information content (AvgIpc) is 2.15. The average molecular weight is 196 g/mol. The summed E-state index contributed by atoms with van der Waals surface area (Å²) in [7, 11) is 0.